The lowest BCUT2D eigenvalue weighted by atomic mass is 9.96. The van der Waals surface area contributed by atoms with Crippen LogP contribution in [0.15, 0.2) is 69.6 Å². The van der Waals surface area contributed by atoms with Gasteiger partial charge in [0.2, 0.25) is 0 Å². The Morgan fingerprint density at radius 3 is 2.54 bits per heavy atom. The van der Waals surface area contributed by atoms with Crippen LogP contribution in [-0.2, 0) is 9.53 Å². The van der Waals surface area contributed by atoms with Gasteiger partial charge in [-0.25, -0.2) is 9.79 Å². The summed E-state index contributed by atoms with van der Waals surface area (Å²) in [5, 5.41) is 9.21. The monoisotopic (exact) mass is 507 g/mol. The first-order valence-corrected chi connectivity index (χ1v) is 12.1. The lowest BCUT2D eigenvalue weighted by Gasteiger charge is -2.25. The Hall–Kier alpha value is -3.67. The number of carbonyl (C=O) groups excluding carboxylic acids is 1. The minimum Gasteiger partial charge on any atom is -0.479 e. The second-order valence-corrected chi connectivity index (χ2v) is 9.55. The molecule has 0 spiro atoms. The Morgan fingerprint density at radius 1 is 1.23 bits per heavy atom. The maximum atomic E-state index is 13.6. The Bertz CT molecular complexity index is 1510. The molecule has 0 saturated carbocycles. The van der Waals surface area contributed by atoms with Gasteiger partial charge in [0.05, 0.1) is 27.9 Å². The second kappa shape index (κ2) is 10.3. The van der Waals surface area contributed by atoms with E-state index >= 15 is 0 Å². The van der Waals surface area contributed by atoms with Gasteiger partial charge in [-0.05, 0) is 62.2 Å². The van der Waals surface area contributed by atoms with Gasteiger partial charge in [0.1, 0.15) is 11.8 Å². The van der Waals surface area contributed by atoms with Crippen molar-refractivity contribution in [3.63, 3.8) is 0 Å². The van der Waals surface area contributed by atoms with Crippen LogP contribution in [0.25, 0.3) is 6.08 Å². The first-order valence-electron chi connectivity index (χ1n) is 10.9. The fraction of sp³-hybridized carbons (Fsp3) is 0.231. The van der Waals surface area contributed by atoms with Gasteiger partial charge >= 0.3 is 5.97 Å². The quantitative estimate of drug-likeness (QED) is 0.474. The summed E-state index contributed by atoms with van der Waals surface area (Å²) in [5.41, 5.74) is 2.08. The van der Waals surface area contributed by atoms with Crippen molar-refractivity contribution in [3.05, 3.63) is 95.6 Å². The van der Waals surface area contributed by atoms with Crippen molar-refractivity contribution in [2.24, 2.45) is 4.99 Å². The van der Waals surface area contributed by atoms with Crippen molar-refractivity contribution in [1.82, 2.24) is 4.57 Å². The lowest BCUT2D eigenvalue weighted by molar-refractivity contribution is -0.143. The third-order valence-electron chi connectivity index (χ3n) is 5.25. The van der Waals surface area contributed by atoms with Crippen LogP contribution in [0.1, 0.15) is 37.9 Å². The van der Waals surface area contributed by atoms with Gasteiger partial charge in [0.15, 0.2) is 11.4 Å². The number of allylic oxidation sites excluding steroid dienone is 1. The van der Waals surface area contributed by atoms with E-state index in [0.717, 1.165) is 11.1 Å². The molecule has 1 unspecified atom stereocenters. The minimum atomic E-state index is -0.696. The molecule has 9 heteroatoms. The molecule has 0 aliphatic carbocycles. The molecule has 0 bridgehead atoms. The normalized spacial score (nSPS) is 15.4. The van der Waals surface area contributed by atoms with Crippen LogP contribution in [0.4, 0.5) is 0 Å². The van der Waals surface area contributed by atoms with E-state index in [1.165, 1.54) is 15.9 Å². The molecule has 1 aliphatic rings. The molecule has 2 heterocycles. The number of nitriles is 1. The number of hydrogen-bond acceptors (Lipinski definition) is 7. The number of ether oxygens (including phenoxy) is 2. The van der Waals surface area contributed by atoms with Crippen molar-refractivity contribution < 1.29 is 14.3 Å². The molecule has 0 amide bonds. The molecule has 1 atom stereocenters. The largest absolute Gasteiger partial charge is 0.479 e. The zero-order valence-corrected chi connectivity index (χ0v) is 20.9. The van der Waals surface area contributed by atoms with Gasteiger partial charge in [-0.2, -0.15) is 5.26 Å². The van der Waals surface area contributed by atoms with E-state index in [1.807, 2.05) is 6.07 Å². The number of halogens is 1. The molecule has 4 rings (SSSR count). The van der Waals surface area contributed by atoms with Crippen molar-refractivity contribution in [2.45, 2.75) is 32.9 Å². The molecule has 0 fully saturated rings. The topological polar surface area (TPSA) is 93.7 Å². The average molecular weight is 508 g/mol. The molecule has 35 heavy (non-hydrogen) atoms. The first-order chi connectivity index (χ1) is 16.8. The third kappa shape index (κ3) is 5.21. The SMILES string of the molecule is CC1=C(C(=O)OC(C)C)C(c2ccc(Cl)cc2)n2c(sc(=Cc3ccc(OCC#N)cc3)c2=O)=N1. The van der Waals surface area contributed by atoms with E-state index in [9.17, 15) is 9.59 Å². The lowest BCUT2D eigenvalue weighted by Crippen LogP contribution is -2.40. The van der Waals surface area contributed by atoms with Crippen LogP contribution in [-0.4, -0.2) is 23.2 Å². The van der Waals surface area contributed by atoms with Gasteiger partial charge in [0, 0.05) is 5.02 Å². The Kier molecular flexibility index (Phi) is 7.20. The fourth-order valence-corrected chi connectivity index (χ4v) is 4.92. The number of aromatic nitrogens is 1. The van der Waals surface area contributed by atoms with Gasteiger partial charge in [-0.1, -0.05) is 47.2 Å². The first kappa shape index (κ1) is 24.5. The number of rotatable bonds is 6. The number of fused-ring (bicyclic) bond motifs is 1. The van der Waals surface area contributed by atoms with Gasteiger partial charge in [0.25, 0.3) is 5.56 Å². The van der Waals surface area contributed by atoms with Crippen molar-refractivity contribution >= 4 is 35.0 Å². The summed E-state index contributed by atoms with van der Waals surface area (Å²) >= 11 is 7.34. The molecule has 0 N–H and O–H groups in total. The molecule has 2 aromatic carbocycles. The number of thiazole rings is 1. The number of hydrogen-bond donors (Lipinski definition) is 0. The van der Waals surface area contributed by atoms with Crippen LogP contribution in [0.3, 0.4) is 0 Å². The van der Waals surface area contributed by atoms with E-state index in [2.05, 4.69) is 4.99 Å². The summed E-state index contributed by atoms with van der Waals surface area (Å²) in [7, 11) is 0. The summed E-state index contributed by atoms with van der Waals surface area (Å²) in [6, 6.07) is 15.4. The number of esters is 1. The Labute approximate surface area is 210 Å². The maximum absolute atomic E-state index is 13.6. The molecule has 0 saturated heterocycles. The predicted molar refractivity (Wildman–Crippen MR) is 134 cm³/mol. The van der Waals surface area contributed by atoms with Crippen molar-refractivity contribution in [2.75, 3.05) is 6.61 Å². The van der Waals surface area contributed by atoms with E-state index in [1.54, 1.807) is 75.4 Å². The standard InChI is InChI=1S/C26H22ClN3O4S/c1-15(2)34-25(32)22-16(3)29-26-30(23(22)18-6-8-19(27)9-7-18)24(31)21(35-26)14-17-4-10-20(11-5-17)33-13-12-28/h4-11,14-15,23H,13H2,1-3H3. The zero-order chi connectivity index (χ0) is 25.1. The van der Waals surface area contributed by atoms with Gasteiger partial charge in [-0.3, -0.25) is 9.36 Å². The molecule has 1 aromatic heterocycles. The predicted octanol–water partition coefficient (Wildman–Crippen LogP) is 3.74. The highest BCUT2D eigenvalue weighted by molar-refractivity contribution is 7.07. The molecule has 3 aromatic rings. The highest BCUT2D eigenvalue weighted by Gasteiger charge is 2.33. The number of nitrogens with zero attached hydrogens (tertiary/aromatic N) is 3. The van der Waals surface area contributed by atoms with Crippen LogP contribution in [0, 0.1) is 11.3 Å². The number of carbonyl (C=O) groups is 1. The number of benzene rings is 2. The average Bonchev–Trinajstić information content (AvgIpc) is 3.12. The van der Waals surface area contributed by atoms with Crippen molar-refractivity contribution in [1.29, 1.82) is 5.26 Å². The smallest absolute Gasteiger partial charge is 0.338 e. The summed E-state index contributed by atoms with van der Waals surface area (Å²) in [6.45, 7) is 5.26. The van der Waals surface area contributed by atoms with Crippen LogP contribution in [0.5, 0.6) is 5.75 Å². The third-order valence-corrected chi connectivity index (χ3v) is 6.49. The Balaban J connectivity index is 1.84. The van der Waals surface area contributed by atoms with Gasteiger partial charge in [-0.15, -0.1) is 0 Å². The molecule has 1 aliphatic heterocycles. The van der Waals surface area contributed by atoms with Crippen molar-refractivity contribution in [3.8, 4) is 11.8 Å². The molecular weight excluding hydrogens is 486 g/mol. The van der Waals surface area contributed by atoms with Crippen LogP contribution < -0.4 is 19.6 Å². The van der Waals surface area contributed by atoms with E-state index in [-0.39, 0.29) is 18.3 Å². The van der Waals surface area contributed by atoms with E-state index in [0.29, 0.717) is 31.4 Å². The van der Waals surface area contributed by atoms with E-state index in [4.69, 9.17) is 26.3 Å². The molecule has 7 nitrogen and oxygen atoms in total. The molecule has 0 radical (unpaired) electrons. The van der Waals surface area contributed by atoms with Crippen LogP contribution in [0.2, 0.25) is 5.02 Å². The fourth-order valence-electron chi connectivity index (χ4n) is 3.75. The Morgan fingerprint density at radius 2 is 1.91 bits per heavy atom. The second-order valence-electron chi connectivity index (χ2n) is 8.10. The van der Waals surface area contributed by atoms with Crippen LogP contribution >= 0.6 is 22.9 Å². The maximum Gasteiger partial charge on any atom is 0.338 e. The molecule has 178 valence electrons. The minimum absolute atomic E-state index is 0.0381. The van der Waals surface area contributed by atoms with E-state index < -0.39 is 12.0 Å². The summed E-state index contributed by atoms with van der Waals surface area (Å²) in [5.74, 6) is 0.0558. The zero-order valence-electron chi connectivity index (χ0n) is 19.3. The molecular formula is C26H22ClN3O4S. The summed E-state index contributed by atoms with van der Waals surface area (Å²) in [4.78, 5) is 31.7. The summed E-state index contributed by atoms with van der Waals surface area (Å²) < 4.78 is 12.8. The highest BCUT2D eigenvalue weighted by Crippen LogP contribution is 2.31. The highest BCUT2D eigenvalue weighted by atomic mass is 35.5. The summed E-state index contributed by atoms with van der Waals surface area (Å²) in [6.07, 6.45) is 1.45. The van der Waals surface area contributed by atoms with Gasteiger partial charge < -0.3 is 9.47 Å².